The van der Waals surface area contributed by atoms with Crippen LogP contribution in [0.25, 0.3) is 0 Å². The summed E-state index contributed by atoms with van der Waals surface area (Å²) in [6.07, 6.45) is 7.34. The van der Waals surface area contributed by atoms with E-state index >= 15 is 0 Å². The third-order valence-corrected chi connectivity index (χ3v) is 3.21. The van der Waals surface area contributed by atoms with Gasteiger partial charge in [-0.15, -0.1) is 0 Å². The first-order chi connectivity index (χ1) is 5.29. The molecule has 0 N–H and O–H groups in total. The Hall–Kier alpha value is -0.460. The molecule has 11 heavy (non-hydrogen) atoms. The van der Waals surface area contributed by atoms with E-state index in [0.717, 1.165) is 11.8 Å². The molecule has 0 radical (unpaired) electrons. The van der Waals surface area contributed by atoms with Crippen LogP contribution in [-0.2, 0) is 4.74 Å². The van der Waals surface area contributed by atoms with Gasteiger partial charge in [0.1, 0.15) is 6.10 Å². The quantitative estimate of drug-likeness (QED) is 0.518. The maximum Gasteiger partial charge on any atom is 0.107 e. The molecule has 1 aliphatic carbocycles. The SMILES string of the molecule is CC1CCC(C)C2OC=CC12. The fourth-order valence-corrected chi connectivity index (χ4v) is 2.34. The van der Waals surface area contributed by atoms with Crippen molar-refractivity contribution in [3.8, 4) is 0 Å². The minimum Gasteiger partial charge on any atom is -0.497 e. The zero-order valence-corrected chi connectivity index (χ0v) is 7.29. The molecule has 0 aromatic heterocycles. The lowest BCUT2D eigenvalue weighted by molar-refractivity contribution is 0.0305. The zero-order valence-electron chi connectivity index (χ0n) is 7.29. The summed E-state index contributed by atoms with van der Waals surface area (Å²) in [6.45, 7) is 4.64. The third-order valence-electron chi connectivity index (χ3n) is 3.21. The summed E-state index contributed by atoms with van der Waals surface area (Å²) in [6, 6.07) is 0. The molecule has 0 saturated heterocycles. The van der Waals surface area contributed by atoms with Gasteiger partial charge < -0.3 is 4.74 Å². The fraction of sp³-hybridized carbons (Fsp3) is 0.800. The molecule has 1 fully saturated rings. The first kappa shape index (κ1) is 7.20. The van der Waals surface area contributed by atoms with Crippen molar-refractivity contribution in [1.29, 1.82) is 0 Å². The van der Waals surface area contributed by atoms with Crippen LogP contribution in [0.15, 0.2) is 12.3 Å². The van der Waals surface area contributed by atoms with Crippen molar-refractivity contribution in [3.05, 3.63) is 12.3 Å². The molecule has 4 atom stereocenters. The van der Waals surface area contributed by atoms with Crippen LogP contribution in [0.1, 0.15) is 26.7 Å². The highest BCUT2D eigenvalue weighted by atomic mass is 16.5. The van der Waals surface area contributed by atoms with Crippen LogP contribution >= 0.6 is 0 Å². The Labute approximate surface area is 68.4 Å². The van der Waals surface area contributed by atoms with E-state index in [-0.39, 0.29) is 0 Å². The summed E-state index contributed by atoms with van der Waals surface area (Å²) in [4.78, 5) is 0. The van der Waals surface area contributed by atoms with Gasteiger partial charge in [-0.1, -0.05) is 13.8 Å². The zero-order chi connectivity index (χ0) is 7.84. The van der Waals surface area contributed by atoms with Crippen molar-refractivity contribution in [2.75, 3.05) is 0 Å². The Morgan fingerprint density at radius 1 is 1.18 bits per heavy atom. The maximum absolute atomic E-state index is 5.56. The van der Waals surface area contributed by atoms with E-state index in [4.69, 9.17) is 4.74 Å². The van der Waals surface area contributed by atoms with Crippen molar-refractivity contribution in [2.45, 2.75) is 32.8 Å². The van der Waals surface area contributed by atoms with Crippen molar-refractivity contribution >= 4 is 0 Å². The lowest BCUT2D eigenvalue weighted by atomic mass is 9.74. The smallest absolute Gasteiger partial charge is 0.107 e. The first-order valence-corrected chi connectivity index (χ1v) is 4.61. The van der Waals surface area contributed by atoms with E-state index in [2.05, 4.69) is 19.9 Å². The lowest BCUT2D eigenvalue weighted by Crippen LogP contribution is -2.34. The summed E-state index contributed by atoms with van der Waals surface area (Å²) in [5.41, 5.74) is 0. The van der Waals surface area contributed by atoms with E-state index in [9.17, 15) is 0 Å². The average Bonchev–Trinajstić information content (AvgIpc) is 2.45. The number of hydrogen-bond donors (Lipinski definition) is 0. The molecule has 1 heterocycles. The predicted molar refractivity (Wildman–Crippen MR) is 45.1 cm³/mol. The highest BCUT2D eigenvalue weighted by Crippen LogP contribution is 2.39. The molecule has 1 nitrogen and oxygen atoms in total. The molecule has 0 aromatic rings. The van der Waals surface area contributed by atoms with E-state index in [1.807, 2.05) is 6.26 Å². The second kappa shape index (κ2) is 2.54. The van der Waals surface area contributed by atoms with Crippen LogP contribution < -0.4 is 0 Å². The molecule has 2 rings (SSSR count). The molecule has 0 amide bonds. The first-order valence-electron chi connectivity index (χ1n) is 4.61. The van der Waals surface area contributed by atoms with Crippen molar-refractivity contribution in [3.63, 3.8) is 0 Å². The van der Waals surface area contributed by atoms with Gasteiger partial charge in [-0.2, -0.15) is 0 Å². The van der Waals surface area contributed by atoms with Crippen LogP contribution in [0.5, 0.6) is 0 Å². The Morgan fingerprint density at radius 3 is 2.64 bits per heavy atom. The van der Waals surface area contributed by atoms with Crippen LogP contribution in [0.3, 0.4) is 0 Å². The molecule has 0 spiro atoms. The average molecular weight is 152 g/mol. The molecule has 2 aliphatic rings. The topological polar surface area (TPSA) is 9.23 Å². The fourth-order valence-electron chi connectivity index (χ4n) is 2.34. The molecule has 1 aliphatic heterocycles. The van der Waals surface area contributed by atoms with Crippen molar-refractivity contribution in [1.82, 2.24) is 0 Å². The minimum atomic E-state index is 0.499. The van der Waals surface area contributed by atoms with Gasteiger partial charge in [0, 0.05) is 5.92 Å². The second-order valence-corrected chi connectivity index (χ2v) is 4.04. The van der Waals surface area contributed by atoms with Crippen LogP contribution in [0, 0.1) is 17.8 Å². The van der Waals surface area contributed by atoms with Crippen molar-refractivity contribution < 1.29 is 4.74 Å². The number of rotatable bonds is 0. The van der Waals surface area contributed by atoms with Gasteiger partial charge in [-0.25, -0.2) is 0 Å². The summed E-state index contributed by atoms with van der Waals surface area (Å²) >= 11 is 0. The minimum absolute atomic E-state index is 0.499. The van der Waals surface area contributed by atoms with Crippen LogP contribution in [0.2, 0.25) is 0 Å². The van der Waals surface area contributed by atoms with E-state index in [1.54, 1.807) is 0 Å². The lowest BCUT2D eigenvalue weighted by Gasteiger charge is -2.34. The molecular weight excluding hydrogens is 136 g/mol. The molecule has 0 aromatic carbocycles. The summed E-state index contributed by atoms with van der Waals surface area (Å²) < 4.78 is 5.56. The Bertz CT molecular complexity index is 174. The molecule has 4 unspecified atom stereocenters. The van der Waals surface area contributed by atoms with Gasteiger partial charge in [0.2, 0.25) is 0 Å². The Kier molecular flexibility index (Phi) is 1.67. The van der Waals surface area contributed by atoms with Gasteiger partial charge in [-0.05, 0) is 30.8 Å². The summed E-state index contributed by atoms with van der Waals surface area (Å²) in [5, 5.41) is 0. The van der Waals surface area contributed by atoms with Crippen molar-refractivity contribution in [2.24, 2.45) is 17.8 Å². The Morgan fingerprint density at radius 2 is 1.91 bits per heavy atom. The molecular formula is C10H16O. The highest BCUT2D eigenvalue weighted by Gasteiger charge is 2.37. The molecule has 1 saturated carbocycles. The third kappa shape index (κ3) is 1.07. The number of fused-ring (bicyclic) bond motifs is 1. The molecule has 62 valence electrons. The number of hydrogen-bond acceptors (Lipinski definition) is 1. The second-order valence-electron chi connectivity index (χ2n) is 4.04. The molecule has 1 heteroatoms. The normalized spacial score (nSPS) is 48.5. The van der Waals surface area contributed by atoms with E-state index in [0.29, 0.717) is 12.0 Å². The van der Waals surface area contributed by atoms with E-state index < -0.39 is 0 Å². The van der Waals surface area contributed by atoms with Crippen LogP contribution in [-0.4, -0.2) is 6.10 Å². The largest absolute Gasteiger partial charge is 0.497 e. The van der Waals surface area contributed by atoms with Gasteiger partial charge in [-0.3, -0.25) is 0 Å². The number of ether oxygens (including phenoxy) is 1. The van der Waals surface area contributed by atoms with E-state index in [1.165, 1.54) is 12.8 Å². The predicted octanol–water partition coefficient (Wildman–Crippen LogP) is 2.58. The van der Waals surface area contributed by atoms with Crippen LogP contribution in [0.4, 0.5) is 0 Å². The highest BCUT2D eigenvalue weighted by molar-refractivity contribution is 5.01. The Balaban J connectivity index is 2.12. The maximum atomic E-state index is 5.56. The molecule has 0 bridgehead atoms. The summed E-state index contributed by atoms with van der Waals surface area (Å²) in [5.74, 6) is 2.29. The van der Waals surface area contributed by atoms with Gasteiger partial charge in [0.05, 0.1) is 6.26 Å². The van der Waals surface area contributed by atoms with Gasteiger partial charge >= 0.3 is 0 Å². The van der Waals surface area contributed by atoms with Gasteiger partial charge in [0.15, 0.2) is 0 Å². The standard InChI is InChI=1S/C10H16O/c1-7-3-4-8(2)10-9(7)5-6-11-10/h5-10H,3-4H2,1-2H3. The summed E-state index contributed by atoms with van der Waals surface area (Å²) in [7, 11) is 0. The van der Waals surface area contributed by atoms with Gasteiger partial charge in [0.25, 0.3) is 0 Å². The monoisotopic (exact) mass is 152 g/mol.